The van der Waals surface area contributed by atoms with E-state index in [-0.39, 0.29) is 5.91 Å². The molecule has 1 aromatic carbocycles. The number of anilines is 1. The lowest BCUT2D eigenvalue weighted by Gasteiger charge is -2.18. The first kappa shape index (κ1) is 14.3. The van der Waals surface area contributed by atoms with Crippen LogP contribution in [0.5, 0.6) is 5.75 Å². The summed E-state index contributed by atoms with van der Waals surface area (Å²) in [6.45, 7) is 4.45. The van der Waals surface area contributed by atoms with Gasteiger partial charge in [0.05, 0.1) is 18.8 Å². The molecule has 0 saturated carbocycles. The van der Waals surface area contributed by atoms with E-state index in [1.54, 1.807) is 6.07 Å². The van der Waals surface area contributed by atoms with Gasteiger partial charge in [0.2, 0.25) is 5.91 Å². The number of ether oxygens (including phenoxy) is 1. The second-order valence-corrected chi connectivity index (χ2v) is 4.07. The Morgan fingerprint density at radius 1 is 1.39 bits per heavy atom. The zero-order valence-corrected chi connectivity index (χ0v) is 10.8. The van der Waals surface area contributed by atoms with E-state index in [0.717, 1.165) is 19.5 Å². The number of likely N-dealkylation sites (N-methyl/N-ethyl adjacent to an activating group) is 1. The highest BCUT2D eigenvalue weighted by molar-refractivity contribution is 5.75. The molecular formula is C13H21N3O2. The molecule has 0 aromatic heterocycles. The number of amides is 1. The van der Waals surface area contributed by atoms with Crippen molar-refractivity contribution in [2.24, 2.45) is 5.73 Å². The molecule has 100 valence electrons. The van der Waals surface area contributed by atoms with Crippen molar-refractivity contribution in [2.75, 3.05) is 32.0 Å². The van der Waals surface area contributed by atoms with Crippen molar-refractivity contribution >= 4 is 11.6 Å². The van der Waals surface area contributed by atoms with Gasteiger partial charge in [-0.25, -0.2) is 0 Å². The maximum absolute atomic E-state index is 10.8. The van der Waals surface area contributed by atoms with Crippen molar-refractivity contribution < 1.29 is 9.53 Å². The molecule has 5 heteroatoms. The average molecular weight is 251 g/mol. The minimum absolute atomic E-state index is 0.296. The lowest BCUT2D eigenvalue weighted by atomic mass is 10.3. The van der Waals surface area contributed by atoms with E-state index in [9.17, 15) is 4.79 Å². The van der Waals surface area contributed by atoms with Gasteiger partial charge in [0.25, 0.3) is 0 Å². The standard InChI is InChI=1S/C13H21N3O2/c1-2-16(10-13(15)17)8-5-9-18-12-7-4-3-6-11(12)14/h3-4,6-7H,2,5,8-10,14H2,1H3,(H2,15,17). The van der Waals surface area contributed by atoms with Crippen LogP contribution in [-0.4, -0.2) is 37.0 Å². The van der Waals surface area contributed by atoms with Gasteiger partial charge in [-0.05, 0) is 25.1 Å². The minimum Gasteiger partial charge on any atom is -0.491 e. The predicted octanol–water partition coefficient (Wildman–Crippen LogP) is 0.845. The minimum atomic E-state index is -0.301. The van der Waals surface area contributed by atoms with Gasteiger partial charge in [0.1, 0.15) is 5.75 Å². The van der Waals surface area contributed by atoms with Gasteiger partial charge in [-0.3, -0.25) is 9.69 Å². The Kier molecular flexibility index (Phi) is 6.00. The summed E-state index contributed by atoms with van der Waals surface area (Å²) in [5.74, 6) is 0.403. The maximum Gasteiger partial charge on any atom is 0.231 e. The van der Waals surface area contributed by atoms with Gasteiger partial charge < -0.3 is 16.2 Å². The van der Waals surface area contributed by atoms with Crippen LogP contribution in [0.3, 0.4) is 0 Å². The molecule has 18 heavy (non-hydrogen) atoms. The Hall–Kier alpha value is -1.75. The molecule has 0 radical (unpaired) electrons. The molecule has 5 nitrogen and oxygen atoms in total. The van der Waals surface area contributed by atoms with Gasteiger partial charge in [-0.15, -0.1) is 0 Å². The summed E-state index contributed by atoms with van der Waals surface area (Å²) in [6, 6.07) is 7.40. The van der Waals surface area contributed by atoms with Crippen LogP contribution < -0.4 is 16.2 Å². The average Bonchev–Trinajstić information content (AvgIpc) is 2.34. The molecule has 0 bridgehead atoms. The molecule has 0 spiro atoms. The number of para-hydroxylation sites is 2. The largest absolute Gasteiger partial charge is 0.491 e. The van der Waals surface area contributed by atoms with Crippen LogP contribution in [0.4, 0.5) is 5.69 Å². The third-order valence-electron chi connectivity index (χ3n) is 2.62. The molecule has 0 aliphatic carbocycles. The van der Waals surface area contributed by atoms with Crippen LogP contribution in [0, 0.1) is 0 Å². The highest BCUT2D eigenvalue weighted by atomic mass is 16.5. The Morgan fingerprint density at radius 3 is 2.72 bits per heavy atom. The molecule has 0 atom stereocenters. The number of primary amides is 1. The number of carbonyl (C=O) groups excluding carboxylic acids is 1. The zero-order chi connectivity index (χ0) is 13.4. The number of rotatable bonds is 8. The van der Waals surface area contributed by atoms with Crippen LogP contribution in [0.2, 0.25) is 0 Å². The molecule has 0 saturated heterocycles. The first-order valence-corrected chi connectivity index (χ1v) is 6.11. The molecule has 0 aliphatic heterocycles. The highest BCUT2D eigenvalue weighted by Gasteiger charge is 2.05. The third-order valence-corrected chi connectivity index (χ3v) is 2.62. The molecular weight excluding hydrogens is 230 g/mol. The van der Waals surface area contributed by atoms with E-state index in [0.29, 0.717) is 24.6 Å². The predicted molar refractivity (Wildman–Crippen MR) is 72.3 cm³/mol. The van der Waals surface area contributed by atoms with Crippen LogP contribution in [0.25, 0.3) is 0 Å². The van der Waals surface area contributed by atoms with Crippen molar-refractivity contribution in [3.8, 4) is 5.75 Å². The number of hydrogen-bond acceptors (Lipinski definition) is 4. The van der Waals surface area contributed by atoms with Gasteiger partial charge in [-0.2, -0.15) is 0 Å². The Balaban J connectivity index is 2.26. The number of carbonyl (C=O) groups is 1. The SMILES string of the molecule is CCN(CCCOc1ccccc1N)CC(N)=O. The molecule has 0 unspecified atom stereocenters. The summed E-state index contributed by atoms with van der Waals surface area (Å²) in [6.07, 6.45) is 0.829. The molecule has 1 amide bonds. The molecule has 4 N–H and O–H groups in total. The molecule has 1 aromatic rings. The monoisotopic (exact) mass is 251 g/mol. The highest BCUT2D eigenvalue weighted by Crippen LogP contribution is 2.19. The lowest BCUT2D eigenvalue weighted by Crippen LogP contribution is -2.34. The summed E-state index contributed by atoms with van der Waals surface area (Å²) in [5.41, 5.74) is 11.6. The van der Waals surface area contributed by atoms with Gasteiger partial charge in [0.15, 0.2) is 0 Å². The normalized spacial score (nSPS) is 10.6. The molecule has 0 heterocycles. The summed E-state index contributed by atoms with van der Waals surface area (Å²) in [7, 11) is 0. The van der Waals surface area contributed by atoms with Crippen LogP contribution >= 0.6 is 0 Å². The fraction of sp³-hybridized carbons (Fsp3) is 0.462. The number of nitrogens with two attached hydrogens (primary N) is 2. The quantitative estimate of drug-likeness (QED) is 0.530. The summed E-state index contributed by atoms with van der Waals surface area (Å²) in [5, 5.41) is 0. The van der Waals surface area contributed by atoms with Crippen molar-refractivity contribution in [2.45, 2.75) is 13.3 Å². The second-order valence-electron chi connectivity index (χ2n) is 4.07. The Labute approximate surface area is 108 Å². The zero-order valence-electron chi connectivity index (χ0n) is 10.8. The Bertz CT molecular complexity index is 382. The fourth-order valence-electron chi connectivity index (χ4n) is 1.65. The molecule has 0 fully saturated rings. The van der Waals surface area contributed by atoms with Crippen LogP contribution in [0.1, 0.15) is 13.3 Å². The first-order valence-electron chi connectivity index (χ1n) is 6.11. The maximum atomic E-state index is 10.8. The van der Waals surface area contributed by atoms with E-state index in [1.807, 2.05) is 30.0 Å². The topological polar surface area (TPSA) is 81.6 Å². The van der Waals surface area contributed by atoms with Gasteiger partial charge in [-0.1, -0.05) is 19.1 Å². The number of hydrogen-bond donors (Lipinski definition) is 2. The summed E-state index contributed by atoms with van der Waals surface area (Å²) < 4.78 is 5.57. The van der Waals surface area contributed by atoms with E-state index in [4.69, 9.17) is 16.2 Å². The van der Waals surface area contributed by atoms with Crippen molar-refractivity contribution in [1.82, 2.24) is 4.90 Å². The van der Waals surface area contributed by atoms with E-state index in [2.05, 4.69) is 0 Å². The van der Waals surface area contributed by atoms with E-state index < -0.39 is 0 Å². The van der Waals surface area contributed by atoms with E-state index >= 15 is 0 Å². The van der Waals surface area contributed by atoms with Crippen molar-refractivity contribution in [3.05, 3.63) is 24.3 Å². The van der Waals surface area contributed by atoms with Gasteiger partial charge >= 0.3 is 0 Å². The van der Waals surface area contributed by atoms with Crippen molar-refractivity contribution in [1.29, 1.82) is 0 Å². The summed E-state index contributed by atoms with van der Waals surface area (Å²) in [4.78, 5) is 12.8. The van der Waals surface area contributed by atoms with E-state index in [1.165, 1.54) is 0 Å². The fourth-order valence-corrected chi connectivity index (χ4v) is 1.65. The number of nitrogens with zero attached hydrogens (tertiary/aromatic N) is 1. The third kappa shape index (κ3) is 5.05. The molecule has 1 rings (SSSR count). The number of nitrogen functional groups attached to an aromatic ring is 1. The smallest absolute Gasteiger partial charge is 0.231 e. The van der Waals surface area contributed by atoms with Crippen molar-refractivity contribution in [3.63, 3.8) is 0 Å². The number of benzene rings is 1. The summed E-state index contributed by atoms with van der Waals surface area (Å²) >= 11 is 0. The Morgan fingerprint density at radius 2 is 2.11 bits per heavy atom. The molecule has 0 aliphatic rings. The van der Waals surface area contributed by atoms with Gasteiger partial charge in [0, 0.05) is 6.54 Å². The van der Waals surface area contributed by atoms with Crippen LogP contribution in [0.15, 0.2) is 24.3 Å². The van der Waals surface area contributed by atoms with Crippen LogP contribution in [-0.2, 0) is 4.79 Å². The lowest BCUT2D eigenvalue weighted by molar-refractivity contribution is -0.119. The second kappa shape index (κ2) is 7.55. The first-order chi connectivity index (χ1) is 8.63.